The molecule has 334 valence electrons. The minimum absolute atomic E-state index is 0.0462. The van der Waals surface area contributed by atoms with Gasteiger partial charge in [0.2, 0.25) is 5.91 Å². The molecule has 0 saturated heterocycles. The molecule has 6 heteroatoms. The molecule has 0 aromatic rings. The van der Waals surface area contributed by atoms with Gasteiger partial charge in [-0.1, -0.05) is 216 Å². The Bertz CT molecular complexity index is 1090. The van der Waals surface area contributed by atoms with Gasteiger partial charge in [0.05, 0.1) is 25.2 Å². The van der Waals surface area contributed by atoms with E-state index in [1.807, 2.05) is 42.5 Å². The van der Waals surface area contributed by atoms with Crippen LogP contribution in [0.3, 0.4) is 0 Å². The molecule has 58 heavy (non-hydrogen) atoms. The van der Waals surface area contributed by atoms with Crippen LogP contribution in [-0.4, -0.2) is 46.9 Å². The van der Waals surface area contributed by atoms with Crippen molar-refractivity contribution in [3.05, 3.63) is 72.9 Å². The molecule has 6 nitrogen and oxygen atoms in total. The van der Waals surface area contributed by atoms with E-state index in [9.17, 15) is 19.8 Å². The van der Waals surface area contributed by atoms with Crippen LogP contribution in [0.4, 0.5) is 0 Å². The summed E-state index contributed by atoms with van der Waals surface area (Å²) in [4.78, 5) is 26.0. The summed E-state index contributed by atoms with van der Waals surface area (Å²) in [5.41, 5.74) is 0. The van der Waals surface area contributed by atoms with Crippen LogP contribution < -0.4 is 5.32 Å². The Morgan fingerprint density at radius 2 is 0.966 bits per heavy atom. The summed E-state index contributed by atoms with van der Waals surface area (Å²) < 4.78 is 5.87. The zero-order chi connectivity index (χ0) is 42.4. The van der Waals surface area contributed by atoms with E-state index in [4.69, 9.17) is 4.74 Å². The molecule has 0 rings (SSSR count). The van der Waals surface area contributed by atoms with Crippen LogP contribution in [0.2, 0.25) is 0 Å². The number of hydrogen-bond acceptors (Lipinski definition) is 5. The van der Waals surface area contributed by atoms with Crippen LogP contribution in [0.1, 0.15) is 220 Å². The second-order valence-electron chi connectivity index (χ2n) is 16.2. The predicted octanol–water partition coefficient (Wildman–Crippen LogP) is 14.2. The Morgan fingerprint density at radius 3 is 1.52 bits per heavy atom. The molecule has 0 aliphatic carbocycles. The number of aliphatic hydroxyl groups excluding tert-OH is 2. The van der Waals surface area contributed by atoms with Crippen LogP contribution in [0.25, 0.3) is 0 Å². The van der Waals surface area contributed by atoms with E-state index in [0.717, 1.165) is 83.5 Å². The lowest BCUT2D eigenvalue weighted by Gasteiger charge is -2.24. The number of aliphatic hydroxyl groups is 2. The molecule has 0 aromatic carbocycles. The van der Waals surface area contributed by atoms with Crippen molar-refractivity contribution in [2.75, 3.05) is 6.61 Å². The van der Waals surface area contributed by atoms with Crippen LogP contribution in [0.5, 0.6) is 0 Å². The van der Waals surface area contributed by atoms with Gasteiger partial charge in [0, 0.05) is 6.42 Å². The summed E-state index contributed by atoms with van der Waals surface area (Å²) in [5.74, 6) is -0.545. The number of hydrogen-bond donors (Lipinski definition) is 3. The molecule has 3 N–H and O–H groups in total. The van der Waals surface area contributed by atoms with Gasteiger partial charge in [-0.2, -0.15) is 0 Å². The van der Waals surface area contributed by atoms with Crippen molar-refractivity contribution in [2.24, 2.45) is 0 Å². The summed E-state index contributed by atoms with van der Waals surface area (Å²) in [6.07, 6.45) is 56.8. The SMILES string of the molecule is CC/C=C/C=C/C=C\C=C/C=C/CCCCCC(=O)OC(CCCCC/C=C\CCCC)CC(=O)NC(CO)C(O)CCCCCCCCCCCCCCCCC. The fourth-order valence-corrected chi connectivity index (χ4v) is 6.96. The first-order valence-electron chi connectivity index (χ1n) is 24.2. The summed E-state index contributed by atoms with van der Waals surface area (Å²) in [6.45, 7) is 6.27. The highest BCUT2D eigenvalue weighted by molar-refractivity contribution is 5.77. The molecular formula is C52H91NO5. The number of allylic oxidation sites excluding steroid dienone is 12. The first-order chi connectivity index (χ1) is 28.5. The Balaban J connectivity index is 4.57. The lowest BCUT2D eigenvalue weighted by molar-refractivity contribution is -0.151. The number of rotatable bonds is 42. The van der Waals surface area contributed by atoms with Gasteiger partial charge in [-0.05, 0) is 64.2 Å². The second-order valence-corrected chi connectivity index (χ2v) is 16.2. The lowest BCUT2D eigenvalue weighted by atomic mass is 10.0. The third-order valence-corrected chi connectivity index (χ3v) is 10.6. The van der Waals surface area contributed by atoms with Gasteiger partial charge >= 0.3 is 5.97 Å². The fourth-order valence-electron chi connectivity index (χ4n) is 6.96. The summed E-state index contributed by atoms with van der Waals surface area (Å²) in [6, 6.07) is -0.717. The first kappa shape index (κ1) is 55.3. The van der Waals surface area contributed by atoms with E-state index in [2.05, 4.69) is 56.5 Å². The van der Waals surface area contributed by atoms with E-state index in [-0.39, 0.29) is 24.9 Å². The van der Waals surface area contributed by atoms with Crippen molar-refractivity contribution in [1.82, 2.24) is 5.32 Å². The first-order valence-corrected chi connectivity index (χ1v) is 24.2. The van der Waals surface area contributed by atoms with Gasteiger partial charge in [0.1, 0.15) is 6.10 Å². The number of ether oxygens (including phenoxy) is 1. The second kappa shape index (κ2) is 45.4. The maximum absolute atomic E-state index is 13.1. The average molecular weight is 810 g/mol. The number of carbonyl (C=O) groups excluding carboxylic acids is 2. The maximum atomic E-state index is 13.1. The molecule has 0 radical (unpaired) electrons. The standard InChI is InChI=1S/C52H91NO5/c1-4-7-10-13-16-19-21-23-25-27-29-32-35-38-41-44-50(55)49(47-54)53-51(56)46-48(43-40-37-34-31-18-15-12-9-6-3)58-52(57)45-42-39-36-33-30-28-26-24-22-20-17-14-11-8-5-2/h8,11,14-15,17-18,20,22,24,26,28,30,48-50,54-55H,4-7,9-10,12-13,16,19,21,23,25,27,29,31-47H2,1-3H3,(H,53,56)/b11-8+,17-14+,18-15-,22-20-,26-24-,30-28+. The van der Waals surface area contributed by atoms with Gasteiger partial charge in [-0.25, -0.2) is 0 Å². The highest BCUT2D eigenvalue weighted by Gasteiger charge is 2.24. The lowest BCUT2D eigenvalue weighted by Crippen LogP contribution is -2.46. The molecule has 0 heterocycles. The molecule has 0 aliphatic rings. The van der Waals surface area contributed by atoms with E-state index in [1.165, 1.54) is 89.9 Å². The van der Waals surface area contributed by atoms with Gasteiger partial charge in [-0.3, -0.25) is 9.59 Å². The van der Waals surface area contributed by atoms with Crippen molar-refractivity contribution < 1.29 is 24.5 Å². The van der Waals surface area contributed by atoms with Crippen LogP contribution in [-0.2, 0) is 14.3 Å². The number of esters is 1. The van der Waals surface area contributed by atoms with Gasteiger partial charge in [-0.15, -0.1) is 0 Å². The minimum Gasteiger partial charge on any atom is -0.462 e. The molecule has 0 spiro atoms. The quantitative estimate of drug-likeness (QED) is 0.0247. The smallest absolute Gasteiger partial charge is 0.306 e. The molecule has 0 bridgehead atoms. The Kier molecular flexibility index (Phi) is 43.3. The van der Waals surface area contributed by atoms with Crippen LogP contribution >= 0.6 is 0 Å². The maximum Gasteiger partial charge on any atom is 0.306 e. The van der Waals surface area contributed by atoms with E-state index < -0.39 is 18.2 Å². The van der Waals surface area contributed by atoms with E-state index in [0.29, 0.717) is 19.3 Å². The monoisotopic (exact) mass is 810 g/mol. The molecule has 0 saturated carbocycles. The summed E-state index contributed by atoms with van der Waals surface area (Å²) in [5, 5.41) is 23.7. The van der Waals surface area contributed by atoms with Crippen molar-refractivity contribution >= 4 is 11.9 Å². The topological polar surface area (TPSA) is 95.9 Å². The molecule has 0 aromatic heterocycles. The molecule has 3 atom stereocenters. The Morgan fingerprint density at radius 1 is 0.517 bits per heavy atom. The Hall–Kier alpha value is -2.70. The summed E-state index contributed by atoms with van der Waals surface area (Å²) in [7, 11) is 0. The van der Waals surface area contributed by atoms with Gasteiger partial charge in [0.25, 0.3) is 0 Å². The normalized spacial score (nSPS) is 13.9. The van der Waals surface area contributed by atoms with Crippen LogP contribution in [0, 0.1) is 0 Å². The highest BCUT2D eigenvalue weighted by Crippen LogP contribution is 2.17. The Labute approximate surface area is 358 Å². The predicted molar refractivity (Wildman–Crippen MR) is 250 cm³/mol. The minimum atomic E-state index is -0.801. The average Bonchev–Trinajstić information content (AvgIpc) is 3.22. The van der Waals surface area contributed by atoms with Crippen molar-refractivity contribution in [3.63, 3.8) is 0 Å². The number of nitrogens with one attached hydrogen (secondary N) is 1. The zero-order valence-electron chi connectivity index (χ0n) is 37.9. The third-order valence-electron chi connectivity index (χ3n) is 10.6. The molecule has 1 amide bonds. The van der Waals surface area contributed by atoms with Crippen molar-refractivity contribution in [3.8, 4) is 0 Å². The number of carbonyl (C=O) groups is 2. The zero-order valence-corrected chi connectivity index (χ0v) is 37.9. The number of unbranched alkanes of at least 4 members (excludes halogenated alkanes) is 22. The highest BCUT2D eigenvalue weighted by atomic mass is 16.5. The van der Waals surface area contributed by atoms with Crippen LogP contribution in [0.15, 0.2) is 72.9 Å². The van der Waals surface area contributed by atoms with Crippen molar-refractivity contribution in [1.29, 1.82) is 0 Å². The van der Waals surface area contributed by atoms with Gasteiger partial charge < -0.3 is 20.3 Å². The largest absolute Gasteiger partial charge is 0.462 e. The van der Waals surface area contributed by atoms with E-state index >= 15 is 0 Å². The molecule has 3 unspecified atom stereocenters. The number of amides is 1. The van der Waals surface area contributed by atoms with Gasteiger partial charge in [0.15, 0.2) is 0 Å². The van der Waals surface area contributed by atoms with E-state index in [1.54, 1.807) is 0 Å². The molecule has 0 aliphatic heterocycles. The molecule has 0 fully saturated rings. The van der Waals surface area contributed by atoms with Crippen molar-refractivity contribution in [2.45, 2.75) is 238 Å². The third kappa shape index (κ3) is 40.1. The molecular weight excluding hydrogens is 719 g/mol. The summed E-state index contributed by atoms with van der Waals surface area (Å²) >= 11 is 0. The fraction of sp³-hybridized carbons (Fsp3) is 0.731.